The van der Waals surface area contributed by atoms with Crippen LogP contribution in [0.25, 0.3) is 0 Å². The van der Waals surface area contributed by atoms with Gasteiger partial charge in [0.25, 0.3) is 0 Å². The van der Waals surface area contributed by atoms with Crippen molar-refractivity contribution in [2.45, 2.75) is 89.9 Å². The van der Waals surface area contributed by atoms with Gasteiger partial charge in [0.1, 0.15) is 6.10 Å². The molecule has 0 aromatic carbocycles. The lowest BCUT2D eigenvalue weighted by atomic mass is 9.66. The minimum absolute atomic E-state index is 0.0800. The molecule has 1 rings (SSSR count). The summed E-state index contributed by atoms with van der Waals surface area (Å²) in [6.07, 6.45) is 5.94. The molecule has 1 aliphatic heterocycles. The van der Waals surface area contributed by atoms with E-state index in [1.165, 1.54) is 19.2 Å². The first-order chi connectivity index (χ1) is 9.04. The second kappa shape index (κ2) is 8.28. The summed E-state index contributed by atoms with van der Waals surface area (Å²) in [6, 6.07) is 0.227. The van der Waals surface area contributed by atoms with E-state index in [9.17, 15) is 5.11 Å². The van der Waals surface area contributed by atoms with E-state index in [0.717, 1.165) is 26.5 Å². The molecule has 3 atom stereocenters. The monoisotopic (exact) mass is 270 g/mol. The Labute approximate surface area is 119 Å². The summed E-state index contributed by atoms with van der Waals surface area (Å²) >= 11 is 0. The van der Waals surface area contributed by atoms with Crippen LogP contribution >= 0.6 is 0 Å². The maximum atomic E-state index is 10.1. The highest BCUT2D eigenvalue weighted by molar-refractivity contribution is 6.37. The smallest absolute Gasteiger partial charge is 0.157 e. The molecule has 1 fully saturated rings. The first kappa shape index (κ1) is 17.0. The molecule has 4 heteroatoms. The number of aliphatic hydroxyl groups is 1. The first-order valence-corrected chi connectivity index (χ1v) is 8.02. The van der Waals surface area contributed by atoms with E-state index in [4.69, 9.17) is 9.47 Å². The molecule has 0 amide bonds. The largest absolute Gasteiger partial charge is 0.390 e. The Balaban J connectivity index is 2.31. The van der Waals surface area contributed by atoms with Gasteiger partial charge in [-0.25, -0.2) is 0 Å². The maximum absolute atomic E-state index is 10.1. The Morgan fingerprint density at radius 2 is 2.00 bits per heavy atom. The standard InChI is InChI=1S/C15H31BO3/c1-5-8-9-16-14-10-12(17)13(19-14)11-18-15(4,6-2)7-3/h12-14,16-17H,5-11H2,1-4H3. The van der Waals surface area contributed by atoms with Crippen LogP contribution in [-0.2, 0) is 9.47 Å². The molecule has 1 aliphatic rings. The van der Waals surface area contributed by atoms with Gasteiger partial charge >= 0.3 is 0 Å². The summed E-state index contributed by atoms with van der Waals surface area (Å²) in [5, 5.41) is 10.1. The first-order valence-electron chi connectivity index (χ1n) is 8.02. The summed E-state index contributed by atoms with van der Waals surface area (Å²) in [4.78, 5) is 0. The van der Waals surface area contributed by atoms with Crippen LogP contribution in [0.4, 0.5) is 0 Å². The number of unbranched alkanes of at least 4 members (excludes halogenated alkanes) is 1. The second-order valence-corrected chi connectivity index (χ2v) is 6.06. The third-order valence-corrected chi connectivity index (χ3v) is 4.52. The van der Waals surface area contributed by atoms with Crippen LogP contribution in [0, 0.1) is 0 Å². The zero-order valence-electron chi connectivity index (χ0n) is 13.2. The fourth-order valence-corrected chi connectivity index (χ4v) is 2.51. The highest BCUT2D eigenvalue weighted by Crippen LogP contribution is 2.25. The molecule has 0 bridgehead atoms. The molecule has 112 valence electrons. The molecule has 0 spiro atoms. The zero-order chi connectivity index (χ0) is 14.3. The highest BCUT2D eigenvalue weighted by Gasteiger charge is 2.35. The molecule has 19 heavy (non-hydrogen) atoms. The normalized spacial score (nSPS) is 27.7. The lowest BCUT2D eigenvalue weighted by Crippen LogP contribution is -2.34. The second-order valence-electron chi connectivity index (χ2n) is 6.06. The Hall–Kier alpha value is -0.0551. The van der Waals surface area contributed by atoms with Crippen molar-refractivity contribution in [2.75, 3.05) is 6.61 Å². The van der Waals surface area contributed by atoms with Gasteiger partial charge in [0.05, 0.1) is 18.3 Å². The predicted octanol–water partition coefficient (Wildman–Crippen LogP) is 2.71. The van der Waals surface area contributed by atoms with Crippen LogP contribution < -0.4 is 0 Å². The van der Waals surface area contributed by atoms with Crippen molar-refractivity contribution in [3.63, 3.8) is 0 Å². The number of aliphatic hydroxyl groups excluding tert-OH is 1. The van der Waals surface area contributed by atoms with Crippen LogP contribution in [0.2, 0.25) is 6.32 Å². The summed E-state index contributed by atoms with van der Waals surface area (Å²) in [5.41, 5.74) is -0.0800. The van der Waals surface area contributed by atoms with Gasteiger partial charge in [-0.2, -0.15) is 0 Å². The van der Waals surface area contributed by atoms with E-state index in [-0.39, 0.29) is 23.8 Å². The Morgan fingerprint density at radius 1 is 1.32 bits per heavy atom. The van der Waals surface area contributed by atoms with Crippen LogP contribution in [0.3, 0.4) is 0 Å². The molecule has 1 saturated heterocycles. The molecule has 0 saturated carbocycles. The van der Waals surface area contributed by atoms with Gasteiger partial charge in [-0.05, 0) is 26.2 Å². The van der Waals surface area contributed by atoms with Crippen LogP contribution in [0.5, 0.6) is 0 Å². The molecule has 0 aromatic heterocycles. The molecule has 0 radical (unpaired) electrons. The Bertz CT molecular complexity index is 244. The topological polar surface area (TPSA) is 38.7 Å². The third kappa shape index (κ3) is 5.45. The molecule has 3 nitrogen and oxygen atoms in total. The lowest BCUT2D eigenvalue weighted by Gasteiger charge is -2.29. The molecule has 1 heterocycles. The van der Waals surface area contributed by atoms with Crippen molar-refractivity contribution in [3.8, 4) is 0 Å². The molecular weight excluding hydrogens is 239 g/mol. The van der Waals surface area contributed by atoms with E-state index in [1.807, 2.05) is 0 Å². The van der Waals surface area contributed by atoms with Gasteiger partial charge in [-0.15, -0.1) is 0 Å². The number of rotatable bonds is 9. The predicted molar refractivity (Wildman–Crippen MR) is 81.1 cm³/mol. The minimum atomic E-state index is -0.357. The average Bonchev–Trinajstić information content (AvgIpc) is 2.77. The van der Waals surface area contributed by atoms with Crippen molar-refractivity contribution >= 4 is 7.28 Å². The summed E-state index contributed by atoms with van der Waals surface area (Å²) in [5.74, 6) is 0. The fraction of sp³-hybridized carbons (Fsp3) is 1.00. The van der Waals surface area contributed by atoms with Gasteiger partial charge in [0, 0.05) is 6.00 Å². The van der Waals surface area contributed by atoms with Crippen molar-refractivity contribution in [1.29, 1.82) is 0 Å². The van der Waals surface area contributed by atoms with Crippen molar-refractivity contribution in [3.05, 3.63) is 0 Å². The van der Waals surface area contributed by atoms with Gasteiger partial charge in [0.2, 0.25) is 0 Å². The van der Waals surface area contributed by atoms with E-state index >= 15 is 0 Å². The van der Waals surface area contributed by atoms with E-state index in [1.54, 1.807) is 0 Å². The summed E-state index contributed by atoms with van der Waals surface area (Å²) < 4.78 is 11.9. The minimum Gasteiger partial charge on any atom is -0.390 e. The molecule has 0 aromatic rings. The number of ether oxygens (including phenoxy) is 2. The van der Waals surface area contributed by atoms with Gasteiger partial charge < -0.3 is 14.6 Å². The Kier molecular flexibility index (Phi) is 7.41. The van der Waals surface area contributed by atoms with Crippen molar-refractivity contribution in [2.24, 2.45) is 0 Å². The van der Waals surface area contributed by atoms with Crippen LogP contribution in [0.1, 0.15) is 59.8 Å². The number of hydrogen-bond donors (Lipinski definition) is 1. The van der Waals surface area contributed by atoms with E-state index in [2.05, 4.69) is 27.7 Å². The lowest BCUT2D eigenvalue weighted by molar-refractivity contribution is -0.0983. The zero-order valence-corrected chi connectivity index (χ0v) is 13.2. The molecule has 0 aliphatic carbocycles. The number of hydrogen-bond acceptors (Lipinski definition) is 3. The van der Waals surface area contributed by atoms with Gasteiger partial charge in [-0.1, -0.05) is 39.9 Å². The fourth-order valence-electron chi connectivity index (χ4n) is 2.51. The van der Waals surface area contributed by atoms with E-state index < -0.39 is 0 Å². The molecular formula is C15H31BO3. The molecule has 3 unspecified atom stereocenters. The van der Waals surface area contributed by atoms with Crippen molar-refractivity contribution in [1.82, 2.24) is 0 Å². The SMILES string of the molecule is CCCCBC1CC(O)C(COC(C)(CC)CC)O1. The van der Waals surface area contributed by atoms with Crippen LogP contribution in [-0.4, -0.2) is 42.8 Å². The van der Waals surface area contributed by atoms with Gasteiger partial charge in [-0.3, -0.25) is 0 Å². The molecule has 1 N–H and O–H groups in total. The summed E-state index contributed by atoms with van der Waals surface area (Å²) in [7, 11) is 1.07. The average molecular weight is 270 g/mol. The van der Waals surface area contributed by atoms with Crippen molar-refractivity contribution < 1.29 is 14.6 Å². The summed E-state index contributed by atoms with van der Waals surface area (Å²) in [6.45, 7) is 9.14. The highest BCUT2D eigenvalue weighted by atomic mass is 16.6. The van der Waals surface area contributed by atoms with E-state index in [0.29, 0.717) is 6.61 Å². The third-order valence-electron chi connectivity index (χ3n) is 4.52. The van der Waals surface area contributed by atoms with Gasteiger partial charge in [0.15, 0.2) is 7.28 Å². The van der Waals surface area contributed by atoms with Crippen LogP contribution in [0.15, 0.2) is 0 Å². The Morgan fingerprint density at radius 3 is 2.58 bits per heavy atom. The maximum Gasteiger partial charge on any atom is 0.157 e. The quantitative estimate of drug-likeness (QED) is 0.517.